The smallest absolute Gasteiger partial charge is 0.274 e. The zero-order valence-corrected chi connectivity index (χ0v) is 7.91. The fourth-order valence-electron chi connectivity index (χ4n) is 0.738. The number of hydrogen-bond acceptors (Lipinski definition) is 2. The zero-order chi connectivity index (χ0) is 10.9. The van der Waals surface area contributed by atoms with Crippen LogP contribution in [0.15, 0.2) is 12.3 Å². The van der Waals surface area contributed by atoms with Crippen molar-refractivity contribution in [1.82, 2.24) is 4.98 Å². The molecule has 1 heterocycles. The summed E-state index contributed by atoms with van der Waals surface area (Å²) in [5.74, 6) is 0. The largest absolute Gasteiger partial charge is 0.417 e. The molecule has 0 aliphatic heterocycles. The topological polar surface area (TPSA) is 30.0 Å². The van der Waals surface area contributed by atoms with Crippen molar-refractivity contribution in [3.63, 3.8) is 0 Å². The Balaban J connectivity index is 3.20. The SMILES string of the molecule is O=C(Cl)c1ncc(C(F)(F)F)cc1Cl. The summed E-state index contributed by atoms with van der Waals surface area (Å²) < 4.78 is 36.3. The van der Waals surface area contributed by atoms with Crippen LogP contribution in [0.25, 0.3) is 0 Å². The average molecular weight is 244 g/mol. The van der Waals surface area contributed by atoms with Gasteiger partial charge in [0.25, 0.3) is 5.24 Å². The first-order valence-electron chi connectivity index (χ1n) is 3.25. The number of pyridine rings is 1. The van der Waals surface area contributed by atoms with Crippen molar-refractivity contribution in [1.29, 1.82) is 0 Å². The molecule has 0 spiro atoms. The second-order valence-corrected chi connectivity index (χ2v) is 3.08. The summed E-state index contributed by atoms with van der Waals surface area (Å²) in [6.07, 6.45) is -4.04. The molecule has 1 aromatic rings. The summed E-state index contributed by atoms with van der Waals surface area (Å²) in [5, 5.41) is -1.41. The molecule has 0 aliphatic rings. The zero-order valence-electron chi connectivity index (χ0n) is 6.40. The van der Waals surface area contributed by atoms with E-state index in [2.05, 4.69) is 4.98 Å². The van der Waals surface area contributed by atoms with Crippen LogP contribution in [0.2, 0.25) is 5.02 Å². The summed E-state index contributed by atoms with van der Waals surface area (Å²) in [5.41, 5.74) is -1.41. The van der Waals surface area contributed by atoms with Crippen molar-refractivity contribution >= 4 is 28.4 Å². The quantitative estimate of drug-likeness (QED) is 0.710. The van der Waals surface area contributed by atoms with E-state index in [0.29, 0.717) is 12.3 Å². The first-order valence-corrected chi connectivity index (χ1v) is 4.00. The molecule has 2 nitrogen and oxygen atoms in total. The van der Waals surface area contributed by atoms with Gasteiger partial charge in [-0.15, -0.1) is 0 Å². The normalized spacial score (nSPS) is 11.5. The minimum absolute atomic E-state index is 0.388. The van der Waals surface area contributed by atoms with Gasteiger partial charge in [-0.2, -0.15) is 13.2 Å². The van der Waals surface area contributed by atoms with Crippen molar-refractivity contribution in [3.05, 3.63) is 28.5 Å². The second kappa shape index (κ2) is 3.74. The number of carbonyl (C=O) groups excluding carboxylic acids is 1. The van der Waals surface area contributed by atoms with E-state index in [4.69, 9.17) is 23.2 Å². The molecule has 0 aliphatic carbocycles. The Morgan fingerprint density at radius 3 is 2.36 bits per heavy atom. The lowest BCUT2D eigenvalue weighted by Crippen LogP contribution is -2.07. The van der Waals surface area contributed by atoms with Gasteiger partial charge in [0, 0.05) is 6.20 Å². The molecule has 0 aromatic carbocycles. The molecular weight excluding hydrogens is 242 g/mol. The molecule has 0 bridgehead atoms. The highest BCUT2D eigenvalue weighted by Crippen LogP contribution is 2.31. The number of aromatic nitrogens is 1. The standard InChI is InChI=1S/C7H2Cl2F3NO/c8-4-1-3(7(10,11)12)2-13-5(4)6(9)14/h1-2H. The number of halogens is 5. The first kappa shape index (κ1) is 11.3. The van der Waals surface area contributed by atoms with E-state index >= 15 is 0 Å². The van der Waals surface area contributed by atoms with Crippen LogP contribution in [0.3, 0.4) is 0 Å². The molecule has 0 amide bonds. The third-order valence-corrected chi connectivity index (χ3v) is 1.82. The highest BCUT2D eigenvalue weighted by atomic mass is 35.5. The average Bonchev–Trinajstić information content (AvgIpc) is 2.01. The van der Waals surface area contributed by atoms with E-state index in [0.717, 1.165) is 0 Å². The molecule has 0 unspecified atom stereocenters. The van der Waals surface area contributed by atoms with E-state index in [1.807, 2.05) is 0 Å². The highest BCUT2D eigenvalue weighted by molar-refractivity contribution is 6.68. The van der Waals surface area contributed by atoms with Gasteiger partial charge in [0.1, 0.15) is 5.69 Å². The van der Waals surface area contributed by atoms with Crippen LogP contribution < -0.4 is 0 Å². The molecule has 7 heteroatoms. The van der Waals surface area contributed by atoms with Gasteiger partial charge in [-0.3, -0.25) is 4.79 Å². The molecule has 0 saturated carbocycles. The van der Waals surface area contributed by atoms with Crippen molar-refractivity contribution < 1.29 is 18.0 Å². The van der Waals surface area contributed by atoms with Gasteiger partial charge in [0.15, 0.2) is 0 Å². The Hall–Kier alpha value is -0.810. The predicted molar refractivity (Wildman–Crippen MR) is 44.4 cm³/mol. The predicted octanol–water partition coefficient (Wildman–Crippen LogP) is 3.13. The Kier molecular flexibility index (Phi) is 3.01. The molecule has 0 saturated heterocycles. The van der Waals surface area contributed by atoms with Gasteiger partial charge >= 0.3 is 6.18 Å². The summed E-state index contributed by atoms with van der Waals surface area (Å²) in [7, 11) is 0. The summed E-state index contributed by atoms with van der Waals surface area (Å²) in [4.78, 5) is 13.8. The van der Waals surface area contributed by atoms with Crippen LogP contribution in [-0.4, -0.2) is 10.2 Å². The van der Waals surface area contributed by atoms with Crippen molar-refractivity contribution in [2.75, 3.05) is 0 Å². The number of nitrogens with zero attached hydrogens (tertiary/aromatic N) is 1. The van der Waals surface area contributed by atoms with E-state index in [1.54, 1.807) is 0 Å². The van der Waals surface area contributed by atoms with Crippen LogP contribution in [-0.2, 0) is 6.18 Å². The molecule has 0 N–H and O–H groups in total. The second-order valence-electron chi connectivity index (χ2n) is 2.33. The molecule has 14 heavy (non-hydrogen) atoms. The van der Waals surface area contributed by atoms with Crippen LogP contribution in [0, 0.1) is 0 Å². The van der Waals surface area contributed by atoms with Crippen LogP contribution in [0.5, 0.6) is 0 Å². The van der Waals surface area contributed by atoms with Crippen molar-refractivity contribution in [2.45, 2.75) is 6.18 Å². The van der Waals surface area contributed by atoms with Gasteiger partial charge in [0.2, 0.25) is 0 Å². The molecule has 0 atom stereocenters. The maximum atomic E-state index is 12.1. The minimum Gasteiger partial charge on any atom is -0.274 e. The number of alkyl halides is 3. The summed E-state index contributed by atoms with van der Waals surface area (Å²) in [6, 6.07) is 0.601. The fraction of sp³-hybridized carbons (Fsp3) is 0.143. The lowest BCUT2D eigenvalue weighted by atomic mass is 10.2. The molecule has 0 radical (unpaired) electrons. The van der Waals surface area contributed by atoms with Gasteiger partial charge in [-0.25, -0.2) is 4.98 Å². The molecule has 1 rings (SSSR count). The van der Waals surface area contributed by atoms with E-state index in [9.17, 15) is 18.0 Å². The van der Waals surface area contributed by atoms with Crippen molar-refractivity contribution in [2.24, 2.45) is 0 Å². The minimum atomic E-state index is -4.54. The molecule has 1 aromatic heterocycles. The van der Waals surface area contributed by atoms with E-state index in [1.165, 1.54) is 0 Å². The third-order valence-electron chi connectivity index (χ3n) is 1.35. The number of hydrogen-bond donors (Lipinski definition) is 0. The first-order chi connectivity index (χ1) is 6.32. The van der Waals surface area contributed by atoms with Gasteiger partial charge in [-0.1, -0.05) is 11.6 Å². The number of rotatable bonds is 1. The van der Waals surface area contributed by atoms with Gasteiger partial charge in [0.05, 0.1) is 10.6 Å². The van der Waals surface area contributed by atoms with Crippen LogP contribution >= 0.6 is 23.2 Å². The summed E-state index contributed by atoms with van der Waals surface area (Å²) >= 11 is 10.4. The van der Waals surface area contributed by atoms with Crippen LogP contribution in [0.4, 0.5) is 13.2 Å². The van der Waals surface area contributed by atoms with Gasteiger partial charge < -0.3 is 0 Å². The third kappa shape index (κ3) is 2.36. The Morgan fingerprint density at radius 2 is 2.00 bits per heavy atom. The molecule has 0 fully saturated rings. The van der Waals surface area contributed by atoms with E-state index < -0.39 is 22.0 Å². The summed E-state index contributed by atoms with van der Waals surface area (Å²) in [6.45, 7) is 0. The van der Waals surface area contributed by atoms with E-state index in [-0.39, 0.29) is 5.69 Å². The van der Waals surface area contributed by atoms with Crippen LogP contribution in [0.1, 0.15) is 16.1 Å². The molecular formula is C7H2Cl2F3NO. The Bertz CT molecular complexity index is 378. The Morgan fingerprint density at radius 1 is 1.43 bits per heavy atom. The highest BCUT2D eigenvalue weighted by Gasteiger charge is 2.31. The maximum Gasteiger partial charge on any atom is 0.417 e. The van der Waals surface area contributed by atoms with Gasteiger partial charge in [-0.05, 0) is 17.7 Å². The molecule has 76 valence electrons. The maximum absolute atomic E-state index is 12.1. The lowest BCUT2D eigenvalue weighted by Gasteiger charge is -2.06. The Labute approximate surface area is 86.6 Å². The fourth-order valence-corrected chi connectivity index (χ4v) is 1.19. The van der Waals surface area contributed by atoms with Crippen molar-refractivity contribution in [3.8, 4) is 0 Å². The monoisotopic (exact) mass is 243 g/mol. The number of carbonyl (C=O) groups is 1. The lowest BCUT2D eigenvalue weighted by molar-refractivity contribution is -0.137.